The highest BCUT2D eigenvalue weighted by Crippen LogP contribution is 2.37. The van der Waals surface area contributed by atoms with Crippen LogP contribution in [0.5, 0.6) is 16.7 Å². The Morgan fingerprint density at radius 3 is 2.63 bits per heavy atom. The Morgan fingerprint density at radius 1 is 1.37 bits per heavy atom. The number of ether oxygens (including phenoxy) is 2. The van der Waals surface area contributed by atoms with Crippen LogP contribution in [0.1, 0.15) is 20.9 Å². The highest BCUT2D eigenvalue weighted by atomic mass is 32.1. The van der Waals surface area contributed by atoms with E-state index in [9.17, 15) is 9.90 Å². The lowest BCUT2D eigenvalue weighted by molar-refractivity contribution is 0.0693. The number of para-hydroxylation sites is 1. The number of aromatic carboxylic acids is 1. The summed E-state index contributed by atoms with van der Waals surface area (Å²) in [5.41, 5.74) is 0.914. The number of hydrogen-bond acceptors (Lipinski definition) is 5. The Morgan fingerprint density at radius 2 is 2.11 bits per heavy atom. The second kappa shape index (κ2) is 5.27. The van der Waals surface area contributed by atoms with E-state index in [0.29, 0.717) is 10.9 Å². The van der Waals surface area contributed by atoms with Gasteiger partial charge in [0.2, 0.25) is 0 Å². The molecule has 5 nitrogen and oxygen atoms in total. The van der Waals surface area contributed by atoms with Crippen LogP contribution in [0.2, 0.25) is 0 Å². The summed E-state index contributed by atoms with van der Waals surface area (Å²) in [5.74, 6) is -0.532. The molecular weight excluding hydrogens is 266 g/mol. The molecule has 0 atom stereocenters. The lowest BCUT2D eigenvalue weighted by Gasteiger charge is -2.10. The molecular formula is C13H13NO4S. The highest BCUT2D eigenvalue weighted by Gasteiger charge is 2.18. The van der Waals surface area contributed by atoms with Crippen LogP contribution < -0.4 is 9.47 Å². The first kappa shape index (κ1) is 13.4. The summed E-state index contributed by atoms with van der Waals surface area (Å²) < 4.78 is 10.7. The third kappa shape index (κ3) is 2.68. The normalized spacial score (nSPS) is 10.3. The number of carboxylic acid groups (broad SMARTS) is 1. The fraction of sp³-hybridized carbons (Fsp3) is 0.231. The molecule has 1 N–H and O–H groups in total. The second-order valence-corrected chi connectivity index (χ2v) is 5.03. The number of aromatic nitrogens is 1. The van der Waals surface area contributed by atoms with Crippen molar-refractivity contribution in [2.75, 3.05) is 7.11 Å². The zero-order chi connectivity index (χ0) is 14.0. The summed E-state index contributed by atoms with van der Waals surface area (Å²) in [4.78, 5) is 16.5. The molecule has 0 aliphatic carbocycles. The number of methoxy groups -OCH3 is 1. The Hall–Kier alpha value is -2.08. The van der Waals surface area contributed by atoms with E-state index in [0.717, 1.165) is 10.6 Å². The van der Waals surface area contributed by atoms with Gasteiger partial charge in [-0.2, -0.15) is 0 Å². The lowest BCUT2D eigenvalue weighted by atomic mass is 10.2. The van der Waals surface area contributed by atoms with Crippen molar-refractivity contribution in [1.82, 2.24) is 4.98 Å². The van der Waals surface area contributed by atoms with Crippen molar-refractivity contribution in [3.8, 4) is 16.7 Å². The molecule has 2 aromatic rings. The topological polar surface area (TPSA) is 68.7 Å². The SMILES string of the molecule is COc1cccc(C(=O)O)c1Oc1nc(C)c(C)s1. The zero-order valence-corrected chi connectivity index (χ0v) is 11.6. The molecule has 1 heterocycles. The third-order valence-corrected chi connectivity index (χ3v) is 3.58. The van der Waals surface area contributed by atoms with Crippen LogP contribution >= 0.6 is 11.3 Å². The van der Waals surface area contributed by atoms with Gasteiger partial charge in [-0.15, -0.1) is 0 Å². The summed E-state index contributed by atoms with van der Waals surface area (Å²) >= 11 is 1.37. The summed E-state index contributed by atoms with van der Waals surface area (Å²) in [6, 6.07) is 4.72. The number of hydrogen-bond donors (Lipinski definition) is 1. The second-order valence-electron chi connectivity index (χ2n) is 3.87. The summed E-state index contributed by atoms with van der Waals surface area (Å²) in [6.07, 6.45) is 0. The van der Waals surface area contributed by atoms with E-state index in [1.807, 2.05) is 13.8 Å². The predicted octanol–water partition coefficient (Wildman–Crippen LogP) is 3.26. The molecule has 1 aromatic carbocycles. The van der Waals surface area contributed by atoms with E-state index in [1.54, 1.807) is 12.1 Å². The average Bonchev–Trinajstić information content (AvgIpc) is 2.68. The van der Waals surface area contributed by atoms with Gasteiger partial charge in [-0.05, 0) is 26.0 Å². The molecule has 100 valence electrons. The number of benzene rings is 1. The van der Waals surface area contributed by atoms with Crippen LogP contribution in [0.3, 0.4) is 0 Å². The van der Waals surface area contributed by atoms with Gasteiger partial charge >= 0.3 is 5.97 Å². The fourth-order valence-corrected chi connectivity index (χ4v) is 2.29. The Balaban J connectivity index is 2.45. The van der Waals surface area contributed by atoms with E-state index in [1.165, 1.54) is 24.5 Å². The van der Waals surface area contributed by atoms with Gasteiger partial charge in [-0.1, -0.05) is 17.4 Å². The minimum absolute atomic E-state index is 0.0462. The van der Waals surface area contributed by atoms with Gasteiger partial charge in [0.1, 0.15) is 5.56 Å². The van der Waals surface area contributed by atoms with Crippen LogP contribution in [0.4, 0.5) is 0 Å². The average molecular weight is 279 g/mol. The van der Waals surface area contributed by atoms with E-state index in [2.05, 4.69) is 4.98 Å². The van der Waals surface area contributed by atoms with Crippen LogP contribution in [0, 0.1) is 13.8 Å². The zero-order valence-electron chi connectivity index (χ0n) is 10.8. The lowest BCUT2D eigenvalue weighted by Crippen LogP contribution is -2.01. The van der Waals surface area contributed by atoms with E-state index in [-0.39, 0.29) is 11.3 Å². The molecule has 0 fully saturated rings. The van der Waals surface area contributed by atoms with Crippen molar-refractivity contribution in [3.05, 3.63) is 34.3 Å². The Kier molecular flexibility index (Phi) is 3.71. The minimum atomic E-state index is -1.07. The van der Waals surface area contributed by atoms with Gasteiger partial charge in [0, 0.05) is 4.88 Å². The van der Waals surface area contributed by atoms with Gasteiger partial charge in [0.05, 0.1) is 12.8 Å². The first-order valence-electron chi connectivity index (χ1n) is 5.55. The smallest absolute Gasteiger partial charge is 0.339 e. The maximum Gasteiger partial charge on any atom is 0.339 e. The molecule has 0 aliphatic rings. The van der Waals surface area contributed by atoms with Crippen molar-refractivity contribution in [3.63, 3.8) is 0 Å². The molecule has 1 aromatic heterocycles. The first-order chi connectivity index (χ1) is 9.02. The van der Waals surface area contributed by atoms with Gasteiger partial charge < -0.3 is 14.6 Å². The molecule has 0 radical (unpaired) electrons. The van der Waals surface area contributed by atoms with Crippen LogP contribution in [-0.2, 0) is 0 Å². The van der Waals surface area contributed by atoms with E-state index < -0.39 is 5.97 Å². The van der Waals surface area contributed by atoms with Crippen LogP contribution in [0.25, 0.3) is 0 Å². The predicted molar refractivity (Wildman–Crippen MR) is 71.6 cm³/mol. The number of thiazole rings is 1. The van der Waals surface area contributed by atoms with Crippen molar-refractivity contribution in [1.29, 1.82) is 0 Å². The number of aryl methyl sites for hydroxylation is 2. The molecule has 19 heavy (non-hydrogen) atoms. The standard InChI is InChI=1S/C13H13NO4S/c1-7-8(2)19-13(14-7)18-11-9(12(15)16)5-4-6-10(11)17-3/h4-6H,1-3H3,(H,15,16). The number of rotatable bonds is 4. The highest BCUT2D eigenvalue weighted by molar-refractivity contribution is 7.13. The minimum Gasteiger partial charge on any atom is -0.493 e. The molecule has 0 spiro atoms. The van der Waals surface area contributed by atoms with Crippen molar-refractivity contribution < 1.29 is 19.4 Å². The van der Waals surface area contributed by atoms with Gasteiger partial charge in [0.25, 0.3) is 5.19 Å². The molecule has 0 aliphatic heterocycles. The van der Waals surface area contributed by atoms with Crippen molar-refractivity contribution >= 4 is 17.3 Å². The maximum atomic E-state index is 11.2. The molecule has 0 saturated carbocycles. The van der Waals surface area contributed by atoms with Gasteiger partial charge in [-0.25, -0.2) is 9.78 Å². The Bertz CT molecular complexity index is 602. The van der Waals surface area contributed by atoms with Crippen molar-refractivity contribution in [2.24, 2.45) is 0 Å². The fourth-order valence-electron chi connectivity index (χ4n) is 1.52. The van der Waals surface area contributed by atoms with E-state index >= 15 is 0 Å². The quantitative estimate of drug-likeness (QED) is 0.930. The number of nitrogens with zero attached hydrogens (tertiary/aromatic N) is 1. The van der Waals surface area contributed by atoms with Crippen molar-refractivity contribution in [2.45, 2.75) is 13.8 Å². The summed E-state index contributed by atoms with van der Waals surface area (Å²) in [5, 5.41) is 9.58. The molecule has 0 bridgehead atoms. The maximum absolute atomic E-state index is 11.2. The van der Waals surface area contributed by atoms with Gasteiger partial charge in [-0.3, -0.25) is 0 Å². The van der Waals surface area contributed by atoms with Gasteiger partial charge in [0.15, 0.2) is 11.5 Å². The molecule has 0 amide bonds. The van der Waals surface area contributed by atoms with Crippen LogP contribution in [-0.4, -0.2) is 23.2 Å². The summed E-state index contributed by atoms with van der Waals surface area (Å²) in [7, 11) is 1.46. The Labute approximate surface area is 114 Å². The molecule has 0 saturated heterocycles. The third-order valence-electron chi connectivity index (χ3n) is 2.63. The number of carboxylic acids is 1. The van der Waals surface area contributed by atoms with Crippen LogP contribution in [0.15, 0.2) is 18.2 Å². The summed E-state index contributed by atoms with van der Waals surface area (Å²) in [6.45, 7) is 3.80. The molecule has 2 rings (SSSR count). The molecule has 0 unspecified atom stereocenters. The monoisotopic (exact) mass is 279 g/mol. The first-order valence-corrected chi connectivity index (χ1v) is 6.36. The largest absolute Gasteiger partial charge is 0.493 e. The van der Waals surface area contributed by atoms with E-state index in [4.69, 9.17) is 9.47 Å². The number of carbonyl (C=O) groups is 1. The molecule has 6 heteroatoms.